The molecule has 0 aliphatic rings. The van der Waals surface area contributed by atoms with Crippen LogP contribution in [0.2, 0.25) is 0 Å². The molecule has 1 aromatic heterocycles. The Hall–Kier alpha value is -2.27. The first-order valence-corrected chi connectivity index (χ1v) is 6.33. The Bertz CT molecular complexity index is 551. The zero-order chi connectivity index (χ0) is 14.4. The maximum absolute atomic E-state index is 11.0. The van der Waals surface area contributed by atoms with E-state index in [9.17, 15) is 4.79 Å². The van der Waals surface area contributed by atoms with Gasteiger partial charge in [0, 0.05) is 6.54 Å². The highest BCUT2D eigenvalue weighted by Gasteiger charge is 2.10. The van der Waals surface area contributed by atoms with Crippen molar-refractivity contribution < 1.29 is 19.1 Å². The third-order valence-corrected chi connectivity index (χ3v) is 2.85. The molecule has 1 aromatic carbocycles. The van der Waals surface area contributed by atoms with Gasteiger partial charge in [0.15, 0.2) is 0 Å². The molecule has 2 rings (SSSR count). The van der Waals surface area contributed by atoms with Crippen molar-refractivity contribution in [3.8, 4) is 5.75 Å². The average molecular weight is 275 g/mol. The van der Waals surface area contributed by atoms with Gasteiger partial charge < -0.3 is 14.3 Å². The van der Waals surface area contributed by atoms with E-state index in [0.29, 0.717) is 25.4 Å². The Morgan fingerprint density at radius 1 is 1.30 bits per heavy atom. The van der Waals surface area contributed by atoms with E-state index >= 15 is 0 Å². The van der Waals surface area contributed by atoms with Crippen molar-refractivity contribution >= 4 is 5.97 Å². The summed E-state index contributed by atoms with van der Waals surface area (Å²) >= 11 is 0. The van der Waals surface area contributed by atoms with Gasteiger partial charge >= 0.3 is 5.97 Å². The second-order valence-corrected chi connectivity index (χ2v) is 4.47. The van der Waals surface area contributed by atoms with Crippen LogP contribution >= 0.6 is 0 Å². The number of hydrogen-bond acceptors (Lipinski definition) is 4. The minimum atomic E-state index is -0.982. The number of likely N-dealkylation sites (N-methyl/N-ethyl adjacent to an activating group) is 1. The van der Waals surface area contributed by atoms with Crippen LogP contribution in [0.15, 0.2) is 47.1 Å². The lowest BCUT2D eigenvalue weighted by Gasteiger charge is -2.16. The minimum Gasteiger partial charge on any atom is -0.491 e. The highest BCUT2D eigenvalue weighted by atomic mass is 16.5. The molecule has 2 aromatic rings. The third kappa shape index (κ3) is 3.86. The molecule has 0 atom stereocenters. The van der Waals surface area contributed by atoms with Crippen LogP contribution in [-0.2, 0) is 6.54 Å². The van der Waals surface area contributed by atoms with Gasteiger partial charge in [-0.15, -0.1) is 0 Å². The van der Waals surface area contributed by atoms with E-state index in [1.54, 1.807) is 24.5 Å². The fraction of sp³-hybridized carbons (Fsp3) is 0.267. The van der Waals surface area contributed by atoms with E-state index in [1.165, 1.54) is 6.07 Å². The summed E-state index contributed by atoms with van der Waals surface area (Å²) in [5.41, 5.74) is 0.182. The van der Waals surface area contributed by atoms with Gasteiger partial charge in [-0.1, -0.05) is 12.1 Å². The molecule has 0 radical (unpaired) electrons. The van der Waals surface area contributed by atoms with Crippen LogP contribution in [0.1, 0.15) is 16.1 Å². The largest absolute Gasteiger partial charge is 0.491 e. The maximum atomic E-state index is 11.0. The fourth-order valence-electron chi connectivity index (χ4n) is 1.83. The lowest BCUT2D eigenvalue weighted by atomic mass is 10.2. The molecule has 0 saturated heterocycles. The van der Waals surface area contributed by atoms with E-state index in [4.69, 9.17) is 14.3 Å². The van der Waals surface area contributed by atoms with Gasteiger partial charge in [-0.25, -0.2) is 4.79 Å². The Balaban J connectivity index is 1.82. The number of carbonyl (C=O) groups is 1. The highest BCUT2D eigenvalue weighted by molar-refractivity contribution is 5.90. The summed E-state index contributed by atoms with van der Waals surface area (Å²) in [4.78, 5) is 13.1. The molecule has 0 unspecified atom stereocenters. The summed E-state index contributed by atoms with van der Waals surface area (Å²) < 4.78 is 10.8. The van der Waals surface area contributed by atoms with Crippen LogP contribution in [0.5, 0.6) is 5.75 Å². The Labute approximate surface area is 117 Å². The first-order chi connectivity index (χ1) is 9.66. The van der Waals surface area contributed by atoms with Crippen molar-refractivity contribution in [2.75, 3.05) is 20.2 Å². The Morgan fingerprint density at radius 3 is 2.80 bits per heavy atom. The molecule has 0 spiro atoms. The first-order valence-electron chi connectivity index (χ1n) is 6.33. The Kier molecular flexibility index (Phi) is 4.79. The van der Waals surface area contributed by atoms with Crippen LogP contribution in [0.4, 0.5) is 0 Å². The average Bonchev–Trinajstić information content (AvgIpc) is 2.92. The van der Waals surface area contributed by atoms with E-state index in [0.717, 1.165) is 5.76 Å². The van der Waals surface area contributed by atoms with Crippen LogP contribution in [0, 0.1) is 0 Å². The van der Waals surface area contributed by atoms with E-state index in [1.807, 2.05) is 24.1 Å². The van der Waals surface area contributed by atoms with Crippen molar-refractivity contribution in [2.24, 2.45) is 0 Å². The molecular weight excluding hydrogens is 258 g/mol. The van der Waals surface area contributed by atoms with Gasteiger partial charge in [-0.3, -0.25) is 4.90 Å². The van der Waals surface area contributed by atoms with Gasteiger partial charge in [0.2, 0.25) is 0 Å². The summed E-state index contributed by atoms with van der Waals surface area (Å²) in [5, 5.41) is 9.04. The number of aromatic carboxylic acids is 1. The first kappa shape index (κ1) is 14.1. The summed E-state index contributed by atoms with van der Waals surface area (Å²) in [5.74, 6) is 0.300. The smallest absolute Gasteiger partial charge is 0.339 e. The number of carboxylic acids is 1. The Morgan fingerprint density at radius 2 is 2.10 bits per heavy atom. The highest BCUT2D eigenvalue weighted by Crippen LogP contribution is 2.17. The lowest BCUT2D eigenvalue weighted by molar-refractivity contribution is 0.0691. The van der Waals surface area contributed by atoms with Crippen molar-refractivity contribution in [3.63, 3.8) is 0 Å². The molecule has 0 fully saturated rings. The molecule has 0 aliphatic heterocycles. The van der Waals surface area contributed by atoms with E-state index in [2.05, 4.69) is 0 Å². The zero-order valence-electron chi connectivity index (χ0n) is 11.3. The standard InChI is InChI=1S/C15H17NO4/c1-16(11-12-5-4-9-19-12)8-10-20-14-7-3-2-6-13(14)15(17)18/h2-7,9H,8,10-11H2,1H3,(H,17,18). The minimum absolute atomic E-state index is 0.182. The van der Waals surface area contributed by atoms with E-state index in [-0.39, 0.29) is 5.56 Å². The second-order valence-electron chi connectivity index (χ2n) is 4.47. The molecule has 1 heterocycles. The van der Waals surface area contributed by atoms with Gasteiger partial charge in [-0.2, -0.15) is 0 Å². The topological polar surface area (TPSA) is 62.9 Å². The van der Waals surface area contributed by atoms with Crippen LogP contribution in [-0.4, -0.2) is 36.2 Å². The summed E-state index contributed by atoms with van der Waals surface area (Å²) in [7, 11) is 1.95. The van der Waals surface area contributed by atoms with Crippen molar-refractivity contribution in [2.45, 2.75) is 6.54 Å². The number of ether oxygens (including phenoxy) is 1. The molecular formula is C15H17NO4. The summed E-state index contributed by atoms with van der Waals surface area (Å²) in [6.07, 6.45) is 1.64. The molecule has 0 aliphatic carbocycles. The number of hydrogen-bond donors (Lipinski definition) is 1. The number of furan rings is 1. The molecule has 106 valence electrons. The summed E-state index contributed by atoms with van der Waals surface area (Å²) in [6, 6.07) is 10.4. The van der Waals surface area contributed by atoms with Crippen molar-refractivity contribution in [1.29, 1.82) is 0 Å². The SMILES string of the molecule is CN(CCOc1ccccc1C(=O)O)Cc1ccco1. The quantitative estimate of drug-likeness (QED) is 0.841. The monoisotopic (exact) mass is 275 g/mol. The van der Waals surface area contributed by atoms with Crippen LogP contribution < -0.4 is 4.74 Å². The van der Waals surface area contributed by atoms with E-state index < -0.39 is 5.97 Å². The van der Waals surface area contributed by atoms with Crippen molar-refractivity contribution in [1.82, 2.24) is 4.90 Å². The predicted octanol–water partition coefficient (Wildman–Crippen LogP) is 2.49. The fourth-order valence-corrected chi connectivity index (χ4v) is 1.83. The van der Waals surface area contributed by atoms with Gasteiger partial charge in [0.25, 0.3) is 0 Å². The number of nitrogens with zero attached hydrogens (tertiary/aromatic N) is 1. The molecule has 1 N–H and O–H groups in total. The number of benzene rings is 1. The van der Waals surface area contributed by atoms with Gasteiger partial charge in [0.1, 0.15) is 23.7 Å². The van der Waals surface area contributed by atoms with Crippen LogP contribution in [0.3, 0.4) is 0 Å². The maximum Gasteiger partial charge on any atom is 0.339 e. The predicted molar refractivity (Wildman–Crippen MR) is 73.9 cm³/mol. The molecule has 0 amide bonds. The molecule has 0 saturated carbocycles. The van der Waals surface area contributed by atoms with Crippen LogP contribution in [0.25, 0.3) is 0 Å². The molecule has 5 heteroatoms. The number of rotatable bonds is 7. The number of para-hydroxylation sites is 1. The van der Waals surface area contributed by atoms with Crippen molar-refractivity contribution in [3.05, 3.63) is 54.0 Å². The molecule has 5 nitrogen and oxygen atoms in total. The summed E-state index contributed by atoms with van der Waals surface area (Å²) in [6.45, 7) is 1.78. The molecule has 20 heavy (non-hydrogen) atoms. The molecule has 0 bridgehead atoms. The second kappa shape index (κ2) is 6.77. The normalized spacial score (nSPS) is 10.7. The third-order valence-electron chi connectivity index (χ3n) is 2.85. The lowest BCUT2D eigenvalue weighted by Crippen LogP contribution is -2.24. The van der Waals surface area contributed by atoms with Gasteiger partial charge in [-0.05, 0) is 31.3 Å². The zero-order valence-corrected chi connectivity index (χ0v) is 11.3. The number of carboxylic acid groups (broad SMARTS) is 1. The van der Waals surface area contributed by atoms with Gasteiger partial charge in [0.05, 0.1) is 12.8 Å².